The first-order valence-corrected chi connectivity index (χ1v) is 15.0. The van der Waals surface area contributed by atoms with Crippen molar-refractivity contribution in [2.75, 3.05) is 0 Å². The average molecular weight is 691 g/mol. The molecule has 232 valence electrons. The SMILES string of the molecule is O=c1cc(O)c2c(=O)n(-c3ccccc3)c3ccccc3c2o1.O=c1oc2c(c(O)c1Br)c(=O)n(-c1ccccc1)c1ccccc21.[HH]. The van der Waals surface area contributed by atoms with Crippen LogP contribution in [0.5, 0.6) is 11.5 Å². The fraction of sp³-hybridized carbons (Fsp3) is 0. The highest BCUT2D eigenvalue weighted by Crippen LogP contribution is 2.32. The number of aromatic nitrogens is 2. The third kappa shape index (κ3) is 4.89. The Balaban J connectivity index is 0.000000164. The van der Waals surface area contributed by atoms with E-state index in [1.807, 2.05) is 36.4 Å². The van der Waals surface area contributed by atoms with E-state index < -0.39 is 28.1 Å². The van der Waals surface area contributed by atoms with Crippen molar-refractivity contribution in [3.8, 4) is 22.9 Å². The zero-order chi connectivity index (χ0) is 32.8. The molecule has 0 spiro atoms. The molecule has 8 rings (SSSR count). The van der Waals surface area contributed by atoms with E-state index in [-0.39, 0.29) is 33.6 Å². The molecule has 0 fully saturated rings. The maximum atomic E-state index is 13.0. The number of para-hydroxylation sites is 4. The predicted molar refractivity (Wildman–Crippen MR) is 184 cm³/mol. The highest BCUT2D eigenvalue weighted by atomic mass is 79.9. The van der Waals surface area contributed by atoms with Gasteiger partial charge in [-0.05, 0) is 64.5 Å². The minimum Gasteiger partial charge on any atom is -0.507 e. The van der Waals surface area contributed by atoms with Crippen LogP contribution in [0, 0.1) is 0 Å². The largest absolute Gasteiger partial charge is 0.507 e. The lowest BCUT2D eigenvalue weighted by molar-refractivity contribution is 0.462. The van der Waals surface area contributed by atoms with Crippen molar-refractivity contribution >= 4 is 59.7 Å². The van der Waals surface area contributed by atoms with Crippen molar-refractivity contribution < 1.29 is 20.5 Å². The second-order valence-electron chi connectivity index (χ2n) is 10.4. The van der Waals surface area contributed by atoms with Crippen LogP contribution in [-0.2, 0) is 0 Å². The van der Waals surface area contributed by atoms with Crippen molar-refractivity contribution in [1.29, 1.82) is 0 Å². The molecule has 2 N–H and O–H groups in total. The molecule has 4 aromatic heterocycles. The van der Waals surface area contributed by atoms with E-state index in [2.05, 4.69) is 15.9 Å². The summed E-state index contributed by atoms with van der Waals surface area (Å²) in [5, 5.41) is 21.5. The van der Waals surface area contributed by atoms with E-state index in [9.17, 15) is 29.4 Å². The topological polar surface area (TPSA) is 145 Å². The average Bonchev–Trinajstić information content (AvgIpc) is 3.08. The number of rotatable bonds is 2. The van der Waals surface area contributed by atoms with E-state index in [0.29, 0.717) is 33.2 Å². The third-order valence-electron chi connectivity index (χ3n) is 7.63. The molecule has 0 bridgehead atoms. The summed E-state index contributed by atoms with van der Waals surface area (Å²) in [5.74, 6) is -0.793. The summed E-state index contributed by atoms with van der Waals surface area (Å²) in [6, 6.07) is 33.3. The number of benzene rings is 4. The molecular formula is C36H23BrN2O8. The molecular weight excluding hydrogens is 668 g/mol. The van der Waals surface area contributed by atoms with Crippen molar-refractivity contribution in [2.24, 2.45) is 0 Å². The minimum atomic E-state index is -0.734. The van der Waals surface area contributed by atoms with Crippen molar-refractivity contribution in [3.05, 3.63) is 161 Å². The first-order chi connectivity index (χ1) is 22.8. The zero-order valence-corrected chi connectivity index (χ0v) is 25.7. The molecule has 0 aliphatic carbocycles. The van der Waals surface area contributed by atoms with Crippen LogP contribution >= 0.6 is 15.9 Å². The molecule has 8 aromatic rings. The van der Waals surface area contributed by atoms with Gasteiger partial charge in [-0.15, -0.1) is 0 Å². The van der Waals surface area contributed by atoms with Gasteiger partial charge in [0.1, 0.15) is 21.0 Å². The molecule has 0 radical (unpaired) electrons. The van der Waals surface area contributed by atoms with E-state index in [1.165, 1.54) is 9.13 Å². The Morgan fingerprint density at radius 1 is 0.574 bits per heavy atom. The fourth-order valence-electron chi connectivity index (χ4n) is 5.60. The van der Waals surface area contributed by atoms with Crippen molar-refractivity contribution in [1.82, 2.24) is 9.13 Å². The van der Waals surface area contributed by atoms with Crippen LogP contribution < -0.4 is 22.4 Å². The molecule has 0 saturated carbocycles. The van der Waals surface area contributed by atoms with Gasteiger partial charge in [0, 0.05) is 23.6 Å². The molecule has 10 nitrogen and oxygen atoms in total. The minimum absolute atomic E-state index is 0. The molecule has 0 amide bonds. The van der Waals surface area contributed by atoms with E-state index in [4.69, 9.17) is 8.83 Å². The number of nitrogens with zero attached hydrogens (tertiary/aromatic N) is 2. The van der Waals surface area contributed by atoms with Crippen LogP contribution in [0.3, 0.4) is 0 Å². The van der Waals surface area contributed by atoms with E-state index >= 15 is 0 Å². The second-order valence-corrected chi connectivity index (χ2v) is 11.2. The molecule has 0 atom stereocenters. The van der Waals surface area contributed by atoms with Crippen molar-refractivity contribution in [2.45, 2.75) is 0 Å². The summed E-state index contributed by atoms with van der Waals surface area (Å²) in [4.78, 5) is 49.4. The summed E-state index contributed by atoms with van der Waals surface area (Å²) in [5.41, 5.74) is 0.359. The monoisotopic (exact) mass is 690 g/mol. The summed E-state index contributed by atoms with van der Waals surface area (Å²) >= 11 is 2.97. The lowest BCUT2D eigenvalue weighted by Crippen LogP contribution is -2.20. The van der Waals surface area contributed by atoms with Crippen molar-refractivity contribution in [3.63, 3.8) is 0 Å². The number of hydrogen-bond donors (Lipinski definition) is 2. The van der Waals surface area contributed by atoms with Crippen LogP contribution in [0.1, 0.15) is 1.43 Å². The molecule has 0 unspecified atom stereocenters. The van der Waals surface area contributed by atoms with Crippen LogP contribution in [0.2, 0.25) is 0 Å². The second kappa shape index (κ2) is 11.6. The predicted octanol–water partition coefficient (Wildman–Crippen LogP) is 6.61. The summed E-state index contributed by atoms with van der Waals surface area (Å²) < 4.78 is 13.3. The lowest BCUT2D eigenvalue weighted by atomic mass is 10.1. The van der Waals surface area contributed by atoms with Crippen LogP contribution in [-0.4, -0.2) is 19.3 Å². The quantitative estimate of drug-likeness (QED) is 0.193. The van der Waals surface area contributed by atoms with Gasteiger partial charge in [-0.2, -0.15) is 0 Å². The van der Waals surface area contributed by atoms with Gasteiger partial charge in [0.05, 0.1) is 17.1 Å². The standard InChI is InChI=1S/C18H10BrNO4.C18H11NO4.H2/c19-14-15(21)13-16(24-18(14)23)11-8-4-5-9-12(11)20(17(13)22)10-6-2-1-3-7-10;20-14-10-15(21)23-17-12-8-4-5-9-13(12)19(18(22)16(14)17)11-6-2-1-3-7-11;/h1-9,21H;1-10,20H;1H. The van der Waals surface area contributed by atoms with Crippen LogP contribution in [0.25, 0.3) is 55.1 Å². The van der Waals surface area contributed by atoms with Gasteiger partial charge < -0.3 is 19.0 Å². The molecule has 4 heterocycles. The highest BCUT2D eigenvalue weighted by molar-refractivity contribution is 9.10. The van der Waals surface area contributed by atoms with Gasteiger partial charge in [0.2, 0.25) is 0 Å². The number of aromatic hydroxyl groups is 2. The Kier molecular flexibility index (Phi) is 7.30. The molecule has 0 aliphatic heterocycles. The number of fused-ring (bicyclic) bond motifs is 6. The van der Waals surface area contributed by atoms with Gasteiger partial charge in [0.25, 0.3) is 11.1 Å². The normalized spacial score (nSPS) is 11.2. The lowest BCUT2D eigenvalue weighted by Gasteiger charge is -2.13. The fourth-order valence-corrected chi connectivity index (χ4v) is 5.88. The van der Waals surface area contributed by atoms with Gasteiger partial charge in [0.15, 0.2) is 16.9 Å². The Labute approximate surface area is 272 Å². The zero-order valence-electron chi connectivity index (χ0n) is 24.1. The first kappa shape index (κ1) is 29.5. The Bertz CT molecular complexity index is 2760. The number of halogens is 1. The van der Waals surface area contributed by atoms with Gasteiger partial charge in [-0.1, -0.05) is 60.7 Å². The molecule has 4 aromatic carbocycles. The highest BCUT2D eigenvalue weighted by Gasteiger charge is 2.21. The Hall–Kier alpha value is -6.20. The van der Waals surface area contributed by atoms with Gasteiger partial charge >= 0.3 is 11.3 Å². The third-order valence-corrected chi connectivity index (χ3v) is 8.33. The maximum absolute atomic E-state index is 13.0. The molecule has 11 heteroatoms. The van der Waals surface area contributed by atoms with Crippen LogP contribution in [0.4, 0.5) is 0 Å². The Morgan fingerprint density at radius 2 is 1.02 bits per heavy atom. The maximum Gasteiger partial charge on any atom is 0.354 e. The number of hydrogen-bond acceptors (Lipinski definition) is 8. The van der Waals surface area contributed by atoms with E-state index in [1.54, 1.807) is 72.8 Å². The van der Waals surface area contributed by atoms with Gasteiger partial charge in [-0.25, -0.2) is 9.59 Å². The molecule has 47 heavy (non-hydrogen) atoms. The number of pyridine rings is 2. The molecule has 0 aliphatic rings. The van der Waals surface area contributed by atoms with Crippen LogP contribution in [0.15, 0.2) is 148 Å². The van der Waals surface area contributed by atoms with E-state index in [0.717, 1.165) is 6.07 Å². The van der Waals surface area contributed by atoms with Gasteiger partial charge in [-0.3, -0.25) is 18.7 Å². The summed E-state index contributed by atoms with van der Waals surface area (Å²) in [6.07, 6.45) is 0. The summed E-state index contributed by atoms with van der Waals surface area (Å²) in [6.45, 7) is 0. The smallest absolute Gasteiger partial charge is 0.354 e. The summed E-state index contributed by atoms with van der Waals surface area (Å²) in [7, 11) is 0. The first-order valence-electron chi connectivity index (χ1n) is 14.2. The Morgan fingerprint density at radius 3 is 1.55 bits per heavy atom. The molecule has 0 saturated heterocycles.